The molecule has 0 aliphatic rings. The molecular weight excluding hydrogens is 295 g/mol. The van der Waals surface area contributed by atoms with Gasteiger partial charge in [-0.05, 0) is 31.5 Å². The highest BCUT2D eigenvalue weighted by atomic mass is 19.1. The van der Waals surface area contributed by atoms with E-state index >= 15 is 0 Å². The highest BCUT2D eigenvalue weighted by Crippen LogP contribution is 2.20. The fraction of sp³-hybridized carbons (Fsp3) is 0.357. The van der Waals surface area contributed by atoms with Crippen LogP contribution in [0.25, 0.3) is 0 Å². The van der Waals surface area contributed by atoms with Crippen molar-refractivity contribution in [3.05, 3.63) is 29.1 Å². The predicted molar refractivity (Wildman–Crippen MR) is 76.4 cm³/mol. The van der Waals surface area contributed by atoms with Gasteiger partial charge in [0, 0.05) is 6.54 Å². The fourth-order valence-corrected chi connectivity index (χ4v) is 1.65. The van der Waals surface area contributed by atoms with Crippen molar-refractivity contribution in [2.45, 2.75) is 20.3 Å². The quantitative estimate of drug-likeness (QED) is 0.696. The smallest absolute Gasteiger partial charge is 0.338 e. The second-order valence-electron chi connectivity index (χ2n) is 4.39. The molecule has 0 fully saturated rings. The summed E-state index contributed by atoms with van der Waals surface area (Å²) in [5.74, 6) is -2.39. The summed E-state index contributed by atoms with van der Waals surface area (Å²) in [6.45, 7) is 3.27. The molecule has 1 aromatic rings. The van der Waals surface area contributed by atoms with E-state index < -0.39 is 23.8 Å². The van der Waals surface area contributed by atoms with Gasteiger partial charge in [0.2, 0.25) is 0 Å². The Bertz CT molecular complexity index is 589. The summed E-state index contributed by atoms with van der Waals surface area (Å²) in [5, 5.41) is 12.9. The van der Waals surface area contributed by atoms with Crippen molar-refractivity contribution < 1.29 is 28.6 Å². The standard InChI is InChI=1S/C14H17FN2O5/c1-3-22-13(20)9-7-11(10(15)6-8(9)2)17-14(21)16-5-4-12(18)19/h6-7H,3-5H2,1-2H3,(H,18,19)(H2,16,17,21). The molecule has 0 atom stereocenters. The van der Waals surface area contributed by atoms with Crippen LogP contribution in [0.2, 0.25) is 0 Å². The molecule has 0 aliphatic heterocycles. The molecule has 7 nitrogen and oxygen atoms in total. The van der Waals surface area contributed by atoms with Gasteiger partial charge in [-0.2, -0.15) is 0 Å². The van der Waals surface area contributed by atoms with Crippen molar-refractivity contribution in [2.75, 3.05) is 18.5 Å². The third kappa shape index (κ3) is 5.04. The second-order valence-corrected chi connectivity index (χ2v) is 4.39. The molecule has 0 aromatic heterocycles. The number of halogens is 1. The zero-order valence-corrected chi connectivity index (χ0v) is 12.2. The topological polar surface area (TPSA) is 105 Å². The van der Waals surface area contributed by atoms with Gasteiger partial charge in [0.05, 0.1) is 24.3 Å². The van der Waals surface area contributed by atoms with E-state index in [1.807, 2.05) is 0 Å². The number of anilines is 1. The molecule has 0 radical (unpaired) electrons. The number of hydrogen-bond donors (Lipinski definition) is 3. The molecule has 0 unspecified atom stereocenters. The number of esters is 1. The summed E-state index contributed by atoms with van der Waals surface area (Å²) in [6.07, 6.45) is -0.252. The predicted octanol–water partition coefficient (Wildman–Crippen LogP) is 1.91. The SMILES string of the molecule is CCOC(=O)c1cc(NC(=O)NCCC(=O)O)c(F)cc1C. The molecule has 1 rings (SSSR count). The minimum Gasteiger partial charge on any atom is -0.481 e. The number of rotatable bonds is 6. The van der Waals surface area contributed by atoms with E-state index in [9.17, 15) is 18.8 Å². The number of ether oxygens (including phenoxy) is 1. The Labute approximate surface area is 126 Å². The Morgan fingerprint density at radius 1 is 1.32 bits per heavy atom. The van der Waals surface area contributed by atoms with Gasteiger partial charge in [-0.15, -0.1) is 0 Å². The Kier molecular flexibility index (Phi) is 6.30. The van der Waals surface area contributed by atoms with E-state index in [4.69, 9.17) is 9.84 Å². The number of benzene rings is 1. The molecule has 0 heterocycles. The lowest BCUT2D eigenvalue weighted by atomic mass is 10.1. The van der Waals surface area contributed by atoms with E-state index in [1.165, 1.54) is 6.07 Å². The third-order valence-electron chi connectivity index (χ3n) is 2.68. The zero-order valence-electron chi connectivity index (χ0n) is 12.2. The Hall–Kier alpha value is -2.64. The fourth-order valence-electron chi connectivity index (χ4n) is 1.65. The molecular formula is C14H17FN2O5. The van der Waals surface area contributed by atoms with Crippen LogP contribution in [0, 0.1) is 12.7 Å². The summed E-state index contributed by atoms with van der Waals surface area (Å²) in [6, 6.07) is 1.53. The number of carboxylic acids is 1. The number of aryl methyl sites for hydroxylation is 1. The van der Waals surface area contributed by atoms with Crippen LogP contribution in [0.1, 0.15) is 29.3 Å². The zero-order chi connectivity index (χ0) is 16.7. The molecule has 0 saturated heterocycles. The molecule has 3 N–H and O–H groups in total. The molecule has 0 saturated carbocycles. The van der Waals surface area contributed by atoms with E-state index in [-0.39, 0.29) is 30.8 Å². The second kappa shape index (κ2) is 7.96. The first-order chi connectivity index (χ1) is 10.3. The van der Waals surface area contributed by atoms with Gasteiger partial charge >= 0.3 is 18.0 Å². The Morgan fingerprint density at radius 2 is 2.00 bits per heavy atom. The van der Waals surface area contributed by atoms with E-state index in [0.29, 0.717) is 5.56 Å². The van der Waals surface area contributed by atoms with Crippen LogP contribution in [0.3, 0.4) is 0 Å². The van der Waals surface area contributed by atoms with Gasteiger partial charge in [-0.25, -0.2) is 14.0 Å². The molecule has 0 aliphatic carbocycles. The number of carbonyl (C=O) groups excluding carboxylic acids is 2. The van der Waals surface area contributed by atoms with Crippen LogP contribution < -0.4 is 10.6 Å². The van der Waals surface area contributed by atoms with Crippen LogP contribution >= 0.6 is 0 Å². The average molecular weight is 312 g/mol. The molecule has 0 bridgehead atoms. The van der Waals surface area contributed by atoms with Crippen molar-refractivity contribution in [1.82, 2.24) is 5.32 Å². The average Bonchev–Trinajstić information content (AvgIpc) is 2.41. The van der Waals surface area contributed by atoms with Gasteiger partial charge in [-0.1, -0.05) is 0 Å². The summed E-state index contributed by atoms with van der Waals surface area (Å²) in [4.78, 5) is 33.6. The van der Waals surface area contributed by atoms with Gasteiger partial charge < -0.3 is 20.5 Å². The lowest BCUT2D eigenvalue weighted by Gasteiger charge is -2.11. The molecule has 22 heavy (non-hydrogen) atoms. The number of aliphatic carboxylic acids is 1. The molecule has 2 amide bonds. The first-order valence-corrected chi connectivity index (χ1v) is 6.59. The maximum absolute atomic E-state index is 13.8. The van der Waals surface area contributed by atoms with Crippen LogP contribution in [-0.2, 0) is 9.53 Å². The maximum atomic E-state index is 13.8. The number of urea groups is 1. The van der Waals surface area contributed by atoms with E-state index in [0.717, 1.165) is 6.07 Å². The van der Waals surface area contributed by atoms with Crippen LogP contribution in [0.4, 0.5) is 14.9 Å². The summed E-state index contributed by atoms with van der Waals surface area (Å²) < 4.78 is 18.6. The highest BCUT2D eigenvalue weighted by molar-refractivity contribution is 5.95. The van der Waals surface area contributed by atoms with Crippen LogP contribution in [0.15, 0.2) is 12.1 Å². The monoisotopic (exact) mass is 312 g/mol. The molecule has 1 aromatic carbocycles. The summed E-state index contributed by atoms with van der Waals surface area (Å²) >= 11 is 0. The lowest BCUT2D eigenvalue weighted by molar-refractivity contribution is -0.136. The van der Waals surface area contributed by atoms with E-state index in [1.54, 1.807) is 13.8 Å². The van der Waals surface area contributed by atoms with E-state index in [2.05, 4.69) is 10.6 Å². The van der Waals surface area contributed by atoms with Crippen molar-refractivity contribution in [1.29, 1.82) is 0 Å². The normalized spacial score (nSPS) is 9.95. The van der Waals surface area contributed by atoms with Gasteiger partial charge in [-0.3, -0.25) is 4.79 Å². The first-order valence-electron chi connectivity index (χ1n) is 6.59. The minimum absolute atomic E-state index is 0.0978. The van der Waals surface area contributed by atoms with Crippen LogP contribution in [-0.4, -0.2) is 36.2 Å². The van der Waals surface area contributed by atoms with Crippen LogP contribution in [0.5, 0.6) is 0 Å². The number of nitrogens with one attached hydrogen (secondary N) is 2. The largest absolute Gasteiger partial charge is 0.481 e. The van der Waals surface area contributed by atoms with Crippen molar-refractivity contribution in [2.24, 2.45) is 0 Å². The van der Waals surface area contributed by atoms with Gasteiger partial charge in [0.1, 0.15) is 5.82 Å². The van der Waals surface area contributed by atoms with Gasteiger partial charge in [0.25, 0.3) is 0 Å². The number of carbonyl (C=O) groups is 3. The Morgan fingerprint density at radius 3 is 2.59 bits per heavy atom. The molecule has 8 heteroatoms. The third-order valence-corrected chi connectivity index (χ3v) is 2.68. The number of amides is 2. The molecule has 0 spiro atoms. The minimum atomic E-state index is -1.06. The van der Waals surface area contributed by atoms with Gasteiger partial charge in [0.15, 0.2) is 0 Å². The number of hydrogen-bond acceptors (Lipinski definition) is 4. The summed E-state index contributed by atoms with van der Waals surface area (Å²) in [5.41, 5.74) is 0.332. The van der Waals surface area contributed by atoms with Crippen molar-refractivity contribution in [3.63, 3.8) is 0 Å². The maximum Gasteiger partial charge on any atom is 0.338 e. The number of carboxylic acid groups (broad SMARTS) is 1. The summed E-state index contributed by atoms with van der Waals surface area (Å²) in [7, 11) is 0. The Balaban J connectivity index is 2.81. The van der Waals surface area contributed by atoms with Crippen molar-refractivity contribution in [3.8, 4) is 0 Å². The highest BCUT2D eigenvalue weighted by Gasteiger charge is 2.16. The van der Waals surface area contributed by atoms with Crippen molar-refractivity contribution >= 4 is 23.7 Å². The first kappa shape index (κ1) is 17.4. The molecule has 120 valence electrons. The lowest BCUT2D eigenvalue weighted by Crippen LogP contribution is -2.31.